The number of rotatable bonds is 7. The fraction of sp³-hybridized carbons (Fsp3) is 0.167. The average Bonchev–Trinajstić information content (AvgIpc) is 2.64. The van der Waals surface area contributed by atoms with Gasteiger partial charge >= 0.3 is 5.97 Å². The van der Waals surface area contributed by atoms with Gasteiger partial charge in [0.05, 0.1) is 23.4 Å². The van der Waals surface area contributed by atoms with Gasteiger partial charge in [-0.15, -0.1) is 0 Å². The number of amides is 2. The van der Waals surface area contributed by atoms with Gasteiger partial charge in [-0.3, -0.25) is 14.4 Å². The molecule has 2 aromatic rings. The van der Waals surface area contributed by atoms with Gasteiger partial charge in [0.25, 0.3) is 11.8 Å². The third-order valence-electron chi connectivity index (χ3n) is 3.37. The Morgan fingerprint density at radius 1 is 1.00 bits per heavy atom. The van der Waals surface area contributed by atoms with E-state index in [9.17, 15) is 14.4 Å². The Kier molecular flexibility index (Phi) is 7.92. The van der Waals surface area contributed by atoms with E-state index in [2.05, 4.69) is 10.6 Å². The molecule has 0 aliphatic heterocycles. The zero-order chi connectivity index (χ0) is 20.7. The fourth-order valence-corrected chi connectivity index (χ4v) is 2.75. The van der Waals surface area contributed by atoms with E-state index < -0.39 is 30.9 Å². The summed E-state index contributed by atoms with van der Waals surface area (Å²) in [6.07, 6.45) is 0. The molecule has 0 atom stereocenters. The van der Waals surface area contributed by atoms with Gasteiger partial charge in [-0.1, -0.05) is 34.8 Å². The maximum atomic E-state index is 12.0. The molecule has 0 spiro atoms. The van der Waals surface area contributed by atoms with Crippen LogP contribution in [0.3, 0.4) is 0 Å². The van der Waals surface area contributed by atoms with Gasteiger partial charge in [0.2, 0.25) is 0 Å². The number of anilines is 1. The van der Waals surface area contributed by atoms with Crippen LogP contribution in [0.15, 0.2) is 36.4 Å². The number of nitrogens with one attached hydrogen (secondary N) is 2. The first kappa shape index (κ1) is 21.8. The molecule has 0 aromatic heterocycles. The highest BCUT2D eigenvalue weighted by Gasteiger charge is 2.14. The highest BCUT2D eigenvalue weighted by atomic mass is 35.5. The van der Waals surface area contributed by atoms with E-state index in [-0.39, 0.29) is 10.6 Å². The molecule has 0 aliphatic carbocycles. The van der Waals surface area contributed by atoms with Crippen LogP contribution in [-0.2, 0) is 14.3 Å². The molecule has 0 saturated heterocycles. The smallest absolute Gasteiger partial charge is 0.325 e. The van der Waals surface area contributed by atoms with Crippen LogP contribution < -0.4 is 15.4 Å². The van der Waals surface area contributed by atoms with E-state index in [0.717, 1.165) is 0 Å². The van der Waals surface area contributed by atoms with Crippen LogP contribution in [0.25, 0.3) is 0 Å². The lowest BCUT2D eigenvalue weighted by molar-refractivity contribution is -0.146. The lowest BCUT2D eigenvalue weighted by Crippen LogP contribution is -2.32. The van der Waals surface area contributed by atoms with Gasteiger partial charge in [-0.2, -0.15) is 0 Å². The molecule has 7 nitrogen and oxygen atoms in total. The molecule has 28 heavy (non-hydrogen) atoms. The highest BCUT2D eigenvalue weighted by molar-refractivity contribution is 6.36. The minimum absolute atomic E-state index is 0.146. The normalized spacial score (nSPS) is 10.1. The summed E-state index contributed by atoms with van der Waals surface area (Å²) in [4.78, 5) is 35.7. The third-order valence-corrected chi connectivity index (χ3v) is 4.15. The van der Waals surface area contributed by atoms with Crippen molar-refractivity contribution >= 4 is 58.3 Å². The number of methoxy groups -OCH3 is 1. The van der Waals surface area contributed by atoms with Crippen LogP contribution in [-0.4, -0.2) is 38.0 Å². The molecule has 2 amide bonds. The molecule has 148 valence electrons. The van der Waals surface area contributed by atoms with Gasteiger partial charge in [-0.05, 0) is 36.4 Å². The summed E-state index contributed by atoms with van der Waals surface area (Å²) in [5.41, 5.74) is 0.492. The molecule has 2 aromatic carbocycles. The summed E-state index contributed by atoms with van der Waals surface area (Å²) >= 11 is 17.6. The predicted molar refractivity (Wildman–Crippen MR) is 106 cm³/mol. The van der Waals surface area contributed by atoms with E-state index in [1.54, 1.807) is 12.1 Å². The first-order valence-electron chi connectivity index (χ1n) is 7.82. The Bertz CT molecular complexity index is 905. The Hall–Kier alpha value is -2.48. The van der Waals surface area contributed by atoms with E-state index in [0.29, 0.717) is 21.5 Å². The molecular formula is C18H15Cl3N2O5. The number of hydrogen-bond donors (Lipinski definition) is 2. The van der Waals surface area contributed by atoms with Crippen molar-refractivity contribution in [1.29, 1.82) is 0 Å². The minimum atomic E-state index is -0.799. The van der Waals surface area contributed by atoms with Crippen molar-refractivity contribution in [3.05, 3.63) is 57.0 Å². The van der Waals surface area contributed by atoms with Crippen LogP contribution in [0.5, 0.6) is 5.75 Å². The second-order valence-corrected chi connectivity index (χ2v) is 6.64. The standard InChI is InChI=1S/C18H15Cl3N2O5/c1-27-15-5-3-11(20)7-14(15)23-16(24)9-28-17(25)8-22-18(26)12-4-2-10(19)6-13(12)21/h2-7H,8-9H2,1H3,(H,22,26)(H,23,24). The molecule has 0 bridgehead atoms. The Labute approximate surface area is 175 Å². The van der Waals surface area contributed by atoms with Crippen molar-refractivity contribution < 1.29 is 23.9 Å². The van der Waals surface area contributed by atoms with Crippen LogP contribution in [0.1, 0.15) is 10.4 Å². The van der Waals surface area contributed by atoms with Crippen molar-refractivity contribution in [2.75, 3.05) is 25.6 Å². The number of benzene rings is 2. The van der Waals surface area contributed by atoms with Gasteiger partial charge in [0, 0.05) is 10.0 Å². The molecule has 2 N–H and O–H groups in total. The van der Waals surface area contributed by atoms with Gasteiger partial charge < -0.3 is 20.1 Å². The second-order valence-electron chi connectivity index (χ2n) is 5.36. The van der Waals surface area contributed by atoms with Gasteiger partial charge in [0.1, 0.15) is 12.3 Å². The Morgan fingerprint density at radius 2 is 1.68 bits per heavy atom. The van der Waals surface area contributed by atoms with Gasteiger partial charge in [0.15, 0.2) is 6.61 Å². The summed E-state index contributed by atoms with van der Waals surface area (Å²) in [6.45, 7) is -0.988. The van der Waals surface area contributed by atoms with E-state index >= 15 is 0 Å². The maximum Gasteiger partial charge on any atom is 0.325 e. The van der Waals surface area contributed by atoms with E-state index in [1.807, 2.05) is 0 Å². The summed E-state index contributed by atoms with van der Waals surface area (Å²) < 4.78 is 9.92. The molecule has 10 heteroatoms. The van der Waals surface area contributed by atoms with Crippen molar-refractivity contribution in [3.8, 4) is 5.75 Å². The minimum Gasteiger partial charge on any atom is -0.495 e. The molecule has 0 aliphatic rings. The number of esters is 1. The van der Waals surface area contributed by atoms with Crippen LogP contribution in [0.2, 0.25) is 15.1 Å². The molecule has 0 unspecified atom stereocenters. The zero-order valence-electron chi connectivity index (χ0n) is 14.6. The van der Waals surface area contributed by atoms with E-state index in [1.165, 1.54) is 31.4 Å². The number of carbonyl (C=O) groups is 3. The Morgan fingerprint density at radius 3 is 2.36 bits per heavy atom. The maximum absolute atomic E-state index is 12.0. The van der Waals surface area contributed by atoms with Gasteiger partial charge in [-0.25, -0.2) is 0 Å². The van der Waals surface area contributed by atoms with E-state index in [4.69, 9.17) is 44.3 Å². The van der Waals surface area contributed by atoms with Crippen LogP contribution >= 0.6 is 34.8 Å². The number of hydrogen-bond acceptors (Lipinski definition) is 5. The molecule has 2 rings (SSSR count). The largest absolute Gasteiger partial charge is 0.495 e. The van der Waals surface area contributed by atoms with Crippen molar-refractivity contribution in [1.82, 2.24) is 5.32 Å². The van der Waals surface area contributed by atoms with Crippen LogP contribution in [0.4, 0.5) is 5.69 Å². The summed E-state index contributed by atoms with van der Waals surface area (Å²) in [5, 5.41) is 5.79. The van der Waals surface area contributed by atoms with Crippen LogP contribution in [0, 0.1) is 0 Å². The topological polar surface area (TPSA) is 93.7 Å². The summed E-state index contributed by atoms with van der Waals surface area (Å²) in [5.74, 6) is -1.57. The Balaban J connectivity index is 1.81. The number of halogens is 3. The molecular weight excluding hydrogens is 431 g/mol. The fourth-order valence-electron chi connectivity index (χ4n) is 2.08. The number of ether oxygens (including phenoxy) is 2. The lowest BCUT2D eigenvalue weighted by Gasteiger charge is -2.11. The molecule has 0 radical (unpaired) electrons. The third kappa shape index (κ3) is 6.30. The predicted octanol–water partition coefficient (Wildman–Crippen LogP) is 3.57. The number of carbonyl (C=O) groups excluding carboxylic acids is 3. The quantitative estimate of drug-likeness (QED) is 0.636. The monoisotopic (exact) mass is 444 g/mol. The molecule has 0 heterocycles. The summed E-state index contributed by atoms with van der Waals surface area (Å²) in [6, 6.07) is 9.01. The second kappa shape index (κ2) is 10.2. The van der Waals surface area contributed by atoms with Crippen molar-refractivity contribution in [3.63, 3.8) is 0 Å². The summed E-state index contributed by atoms with van der Waals surface area (Å²) in [7, 11) is 1.44. The van der Waals surface area contributed by atoms with Crippen molar-refractivity contribution in [2.24, 2.45) is 0 Å². The average molecular weight is 446 g/mol. The lowest BCUT2D eigenvalue weighted by atomic mass is 10.2. The molecule has 0 fully saturated rings. The SMILES string of the molecule is COc1ccc(Cl)cc1NC(=O)COC(=O)CNC(=O)c1ccc(Cl)cc1Cl. The van der Waals surface area contributed by atoms with Crippen molar-refractivity contribution in [2.45, 2.75) is 0 Å². The zero-order valence-corrected chi connectivity index (χ0v) is 16.8. The highest BCUT2D eigenvalue weighted by Crippen LogP contribution is 2.27. The molecule has 0 saturated carbocycles. The first-order valence-corrected chi connectivity index (χ1v) is 8.96. The first-order chi connectivity index (χ1) is 13.3.